The molecular formula is C15H13ClF3NO. The summed E-state index contributed by atoms with van der Waals surface area (Å²) in [5.41, 5.74) is 5.31. The van der Waals surface area contributed by atoms with Gasteiger partial charge in [-0.05, 0) is 25.1 Å². The van der Waals surface area contributed by atoms with Crippen molar-refractivity contribution >= 4 is 17.3 Å². The molecule has 2 rings (SSSR count). The second-order valence-corrected chi connectivity index (χ2v) is 4.94. The van der Waals surface area contributed by atoms with E-state index in [0.29, 0.717) is 16.5 Å². The van der Waals surface area contributed by atoms with Crippen molar-refractivity contribution in [3.63, 3.8) is 0 Å². The number of nitrogen functional groups attached to an aromatic ring is 1. The summed E-state index contributed by atoms with van der Waals surface area (Å²) in [6.07, 6.45) is -5.20. The third-order valence-electron chi connectivity index (χ3n) is 2.98. The molecule has 21 heavy (non-hydrogen) atoms. The lowest BCUT2D eigenvalue weighted by molar-refractivity contribution is -0.138. The van der Waals surface area contributed by atoms with Crippen molar-refractivity contribution in [2.45, 2.75) is 19.2 Å². The first kappa shape index (κ1) is 15.5. The molecule has 2 aromatic rings. The highest BCUT2D eigenvalue weighted by Crippen LogP contribution is 2.36. The van der Waals surface area contributed by atoms with E-state index in [1.807, 2.05) is 0 Å². The fourth-order valence-corrected chi connectivity index (χ4v) is 2.09. The van der Waals surface area contributed by atoms with E-state index in [4.69, 9.17) is 22.1 Å². The highest BCUT2D eigenvalue weighted by molar-refractivity contribution is 6.33. The summed E-state index contributed by atoms with van der Waals surface area (Å²) in [5, 5.41) is 0.366. The maximum Gasteiger partial charge on any atom is 0.416 e. The van der Waals surface area contributed by atoms with Gasteiger partial charge in [0.15, 0.2) is 0 Å². The average molecular weight is 316 g/mol. The monoisotopic (exact) mass is 315 g/mol. The van der Waals surface area contributed by atoms with Gasteiger partial charge in [0.2, 0.25) is 0 Å². The predicted octanol–water partition coefficient (Wildman–Crippen LogP) is 5.08. The third-order valence-corrected chi connectivity index (χ3v) is 3.33. The van der Waals surface area contributed by atoms with Gasteiger partial charge in [0, 0.05) is 11.6 Å². The summed E-state index contributed by atoms with van der Waals surface area (Å²) < 4.78 is 44.4. The standard InChI is InChI=1S/C15H13ClF3NO/c1-9(21-10-6-7-13(16)14(20)8-10)11-4-2-3-5-12(11)15(17,18)19/h2-9H,20H2,1H3. The molecule has 0 heterocycles. The van der Waals surface area contributed by atoms with Gasteiger partial charge in [0.05, 0.1) is 16.3 Å². The van der Waals surface area contributed by atoms with Crippen LogP contribution in [0.1, 0.15) is 24.2 Å². The normalized spacial score (nSPS) is 13.0. The Morgan fingerprint density at radius 1 is 1.14 bits per heavy atom. The number of alkyl halides is 3. The van der Waals surface area contributed by atoms with Crippen LogP contribution in [0.15, 0.2) is 42.5 Å². The largest absolute Gasteiger partial charge is 0.486 e. The number of hydrogen-bond donors (Lipinski definition) is 1. The van der Waals surface area contributed by atoms with Crippen LogP contribution < -0.4 is 10.5 Å². The molecule has 0 amide bonds. The van der Waals surface area contributed by atoms with Gasteiger partial charge in [-0.1, -0.05) is 29.8 Å². The van der Waals surface area contributed by atoms with Gasteiger partial charge >= 0.3 is 6.18 Å². The molecule has 0 aliphatic carbocycles. The van der Waals surface area contributed by atoms with Crippen LogP contribution >= 0.6 is 11.6 Å². The summed E-state index contributed by atoms with van der Waals surface area (Å²) >= 11 is 5.79. The van der Waals surface area contributed by atoms with Gasteiger partial charge in [-0.15, -0.1) is 0 Å². The first-order chi connectivity index (χ1) is 9.79. The number of benzene rings is 2. The van der Waals surface area contributed by atoms with E-state index in [1.54, 1.807) is 19.1 Å². The summed E-state index contributed by atoms with van der Waals surface area (Å²) in [4.78, 5) is 0. The molecule has 0 saturated heterocycles. The molecule has 2 N–H and O–H groups in total. The predicted molar refractivity (Wildman–Crippen MR) is 76.4 cm³/mol. The lowest BCUT2D eigenvalue weighted by Crippen LogP contribution is -2.13. The van der Waals surface area contributed by atoms with Crippen LogP contribution in [-0.2, 0) is 6.18 Å². The number of hydrogen-bond acceptors (Lipinski definition) is 2. The average Bonchev–Trinajstić information content (AvgIpc) is 2.42. The van der Waals surface area contributed by atoms with E-state index in [0.717, 1.165) is 6.07 Å². The summed E-state index contributed by atoms with van der Waals surface area (Å²) in [6, 6.07) is 9.90. The highest BCUT2D eigenvalue weighted by atomic mass is 35.5. The van der Waals surface area contributed by atoms with Crippen LogP contribution in [0, 0.1) is 0 Å². The summed E-state index contributed by atoms with van der Waals surface area (Å²) in [6.45, 7) is 1.55. The van der Waals surface area contributed by atoms with Crippen LogP contribution in [0.2, 0.25) is 5.02 Å². The zero-order valence-electron chi connectivity index (χ0n) is 11.1. The van der Waals surface area contributed by atoms with Gasteiger partial charge < -0.3 is 10.5 Å². The molecule has 1 unspecified atom stereocenters. The molecule has 0 bridgehead atoms. The first-order valence-electron chi connectivity index (χ1n) is 6.17. The molecule has 1 atom stereocenters. The van der Waals surface area contributed by atoms with E-state index < -0.39 is 17.8 Å². The van der Waals surface area contributed by atoms with Crippen molar-refractivity contribution in [3.8, 4) is 5.75 Å². The van der Waals surface area contributed by atoms with Crippen LogP contribution in [0.4, 0.5) is 18.9 Å². The minimum atomic E-state index is -4.42. The first-order valence-corrected chi connectivity index (χ1v) is 6.54. The van der Waals surface area contributed by atoms with Gasteiger partial charge in [-0.25, -0.2) is 0 Å². The molecule has 0 aromatic heterocycles. The SMILES string of the molecule is CC(Oc1ccc(Cl)c(N)c1)c1ccccc1C(F)(F)F. The van der Waals surface area contributed by atoms with Crippen LogP contribution in [0.25, 0.3) is 0 Å². The maximum absolute atomic E-state index is 13.0. The lowest BCUT2D eigenvalue weighted by Gasteiger charge is -2.20. The fraction of sp³-hybridized carbons (Fsp3) is 0.200. The Hall–Kier alpha value is -1.88. The van der Waals surface area contributed by atoms with E-state index in [9.17, 15) is 13.2 Å². The number of halogens is 4. The zero-order chi connectivity index (χ0) is 15.6. The molecule has 6 heteroatoms. The molecule has 2 aromatic carbocycles. The van der Waals surface area contributed by atoms with Crippen molar-refractivity contribution in [3.05, 3.63) is 58.6 Å². The number of ether oxygens (including phenoxy) is 1. The fourth-order valence-electron chi connectivity index (χ4n) is 1.97. The smallest absolute Gasteiger partial charge is 0.416 e. The highest BCUT2D eigenvalue weighted by Gasteiger charge is 2.34. The molecule has 0 radical (unpaired) electrons. The van der Waals surface area contributed by atoms with Crippen molar-refractivity contribution in [2.75, 3.05) is 5.73 Å². The van der Waals surface area contributed by atoms with Gasteiger partial charge in [0.1, 0.15) is 11.9 Å². The van der Waals surface area contributed by atoms with Gasteiger partial charge in [-0.3, -0.25) is 0 Å². The topological polar surface area (TPSA) is 35.2 Å². The molecule has 0 spiro atoms. The number of anilines is 1. The van der Waals surface area contributed by atoms with Gasteiger partial charge in [0.25, 0.3) is 0 Å². The number of rotatable bonds is 3. The molecule has 0 fully saturated rings. The Morgan fingerprint density at radius 2 is 1.81 bits per heavy atom. The van der Waals surface area contributed by atoms with E-state index in [1.165, 1.54) is 24.3 Å². The number of nitrogens with two attached hydrogens (primary N) is 1. The van der Waals surface area contributed by atoms with E-state index in [2.05, 4.69) is 0 Å². The second kappa shape index (κ2) is 5.85. The van der Waals surface area contributed by atoms with Crippen LogP contribution in [-0.4, -0.2) is 0 Å². The summed E-state index contributed by atoms with van der Waals surface area (Å²) in [7, 11) is 0. The van der Waals surface area contributed by atoms with Crippen LogP contribution in [0.3, 0.4) is 0 Å². The Morgan fingerprint density at radius 3 is 2.43 bits per heavy atom. The molecule has 0 saturated carbocycles. The lowest BCUT2D eigenvalue weighted by atomic mass is 10.0. The molecule has 0 aliphatic heterocycles. The summed E-state index contributed by atoms with van der Waals surface area (Å²) in [5.74, 6) is 0.362. The minimum absolute atomic E-state index is 0.0681. The van der Waals surface area contributed by atoms with Crippen molar-refractivity contribution in [1.29, 1.82) is 0 Å². The van der Waals surface area contributed by atoms with Crippen molar-refractivity contribution in [1.82, 2.24) is 0 Å². The second-order valence-electron chi connectivity index (χ2n) is 4.53. The molecule has 112 valence electrons. The van der Waals surface area contributed by atoms with E-state index in [-0.39, 0.29) is 5.56 Å². The molecule has 0 aliphatic rings. The van der Waals surface area contributed by atoms with Gasteiger partial charge in [-0.2, -0.15) is 13.2 Å². The Labute approximate surface area is 125 Å². The Bertz CT molecular complexity index is 643. The quantitative estimate of drug-likeness (QED) is 0.801. The van der Waals surface area contributed by atoms with Crippen LogP contribution in [0.5, 0.6) is 5.75 Å². The zero-order valence-corrected chi connectivity index (χ0v) is 11.9. The minimum Gasteiger partial charge on any atom is -0.486 e. The van der Waals surface area contributed by atoms with E-state index >= 15 is 0 Å². The van der Waals surface area contributed by atoms with Crippen molar-refractivity contribution in [2.24, 2.45) is 0 Å². The third kappa shape index (κ3) is 3.61. The molecular weight excluding hydrogens is 303 g/mol. The molecule has 2 nitrogen and oxygen atoms in total. The van der Waals surface area contributed by atoms with Crippen molar-refractivity contribution < 1.29 is 17.9 Å². The maximum atomic E-state index is 13.0. The Kier molecular flexibility index (Phi) is 4.32. The Balaban J connectivity index is 2.28.